The molecule has 4 rings (SSSR count). The fraction of sp³-hybridized carbons (Fsp3) is 0.115. The third-order valence-corrected chi connectivity index (χ3v) is 7.53. The second kappa shape index (κ2) is 10.8. The number of benzene rings is 3. The molecule has 9 heteroatoms. The first-order valence-electron chi connectivity index (χ1n) is 10.5. The van der Waals surface area contributed by atoms with Crippen LogP contribution in [0.15, 0.2) is 77.3 Å². The van der Waals surface area contributed by atoms with Gasteiger partial charge in [0, 0.05) is 15.7 Å². The number of anilines is 2. The molecule has 0 aromatic heterocycles. The van der Waals surface area contributed by atoms with Gasteiger partial charge in [-0.15, -0.1) is 0 Å². The highest BCUT2D eigenvalue weighted by atomic mass is 35.5. The van der Waals surface area contributed by atoms with Crippen LogP contribution in [0.4, 0.5) is 11.4 Å². The van der Waals surface area contributed by atoms with Crippen molar-refractivity contribution in [3.8, 4) is 6.07 Å². The number of halogens is 3. The van der Waals surface area contributed by atoms with E-state index in [1.54, 1.807) is 54.6 Å². The van der Waals surface area contributed by atoms with Crippen LogP contribution >= 0.6 is 46.6 Å². The number of nitrogens with one attached hydrogen (secondary N) is 1. The summed E-state index contributed by atoms with van der Waals surface area (Å²) >= 11 is 19.8. The molecule has 0 radical (unpaired) electrons. The van der Waals surface area contributed by atoms with Crippen LogP contribution in [0.3, 0.4) is 0 Å². The van der Waals surface area contributed by atoms with Crippen molar-refractivity contribution in [1.82, 2.24) is 0 Å². The Bertz CT molecular complexity index is 1380. The minimum Gasteiger partial charge on any atom is -0.320 e. The molecule has 176 valence electrons. The monoisotopic (exact) mass is 541 g/mol. The molecule has 1 heterocycles. The van der Waals surface area contributed by atoms with Gasteiger partial charge < -0.3 is 5.32 Å². The number of hydrogen-bond donors (Lipinski definition) is 1. The van der Waals surface area contributed by atoms with Crippen molar-refractivity contribution in [3.05, 3.63) is 104 Å². The number of nitrogens with zero attached hydrogens (tertiary/aromatic N) is 2. The SMILES string of the molecule is Cc1ccc(N2C(=O)C(Cc3cc(Cl)ccc3Cl)SC2=C(C#N)C(=O)Nc2ccccc2Cl)cc1. The lowest BCUT2D eigenvalue weighted by molar-refractivity contribution is -0.117. The van der Waals surface area contributed by atoms with Gasteiger partial charge in [-0.1, -0.05) is 76.4 Å². The number of carbonyl (C=O) groups excluding carboxylic acids is 2. The second-order valence-corrected chi connectivity index (χ2v) is 10.2. The van der Waals surface area contributed by atoms with Crippen molar-refractivity contribution < 1.29 is 9.59 Å². The molecule has 0 aliphatic carbocycles. The van der Waals surface area contributed by atoms with Crippen LogP contribution in [0.1, 0.15) is 11.1 Å². The van der Waals surface area contributed by atoms with E-state index in [9.17, 15) is 14.9 Å². The van der Waals surface area contributed by atoms with E-state index in [1.165, 1.54) is 4.90 Å². The zero-order valence-electron chi connectivity index (χ0n) is 18.4. The molecule has 1 N–H and O–H groups in total. The van der Waals surface area contributed by atoms with Gasteiger partial charge in [0.15, 0.2) is 0 Å². The van der Waals surface area contributed by atoms with Gasteiger partial charge in [0.25, 0.3) is 5.91 Å². The first-order valence-corrected chi connectivity index (χ1v) is 12.5. The molecular weight excluding hydrogens is 525 g/mol. The third-order valence-electron chi connectivity index (χ3n) is 5.33. The molecule has 0 saturated carbocycles. The normalized spacial score (nSPS) is 16.7. The number of para-hydroxylation sites is 1. The Kier molecular flexibility index (Phi) is 7.73. The Hall–Kier alpha value is -2.95. The van der Waals surface area contributed by atoms with Crippen LogP contribution in [-0.2, 0) is 16.0 Å². The molecule has 2 amide bonds. The van der Waals surface area contributed by atoms with E-state index < -0.39 is 11.2 Å². The van der Waals surface area contributed by atoms with Crippen LogP contribution < -0.4 is 10.2 Å². The zero-order valence-corrected chi connectivity index (χ0v) is 21.5. The number of carbonyl (C=O) groups is 2. The largest absolute Gasteiger partial charge is 0.320 e. The van der Waals surface area contributed by atoms with E-state index in [0.717, 1.165) is 17.3 Å². The van der Waals surface area contributed by atoms with Crippen molar-refractivity contribution in [2.24, 2.45) is 0 Å². The number of hydrogen-bond acceptors (Lipinski definition) is 4. The topological polar surface area (TPSA) is 73.2 Å². The highest BCUT2D eigenvalue weighted by Crippen LogP contribution is 2.43. The molecule has 35 heavy (non-hydrogen) atoms. The van der Waals surface area contributed by atoms with Gasteiger partial charge in [0.1, 0.15) is 16.7 Å². The highest BCUT2D eigenvalue weighted by Gasteiger charge is 2.41. The lowest BCUT2D eigenvalue weighted by atomic mass is 10.1. The Morgan fingerprint density at radius 1 is 1.06 bits per heavy atom. The molecule has 1 fully saturated rings. The number of nitriles is 1. The fourth-order valence-corrected chi connectivity index (χ4v) is 5.43. The molecule has 0 bridgehead atoms. The minimum atomic E-state index is -0.658. The predicted molar refractivity (Wildman–Crippen MR) is 143 cm³/mol. The maximum atomic E-state index is 13.6. The average Bonchev–Trinajstić information content (AvgIpc) is 3.14. The Labute approximate surface area is 222 Å². The standard InChI is InChI=1S/C26H18Cl3N3O2S/c1-15-6-9-18(10-7-15)32-25(34)23(13-16-12-17(27)8-11-20(16)28)35-26(32)19(14-30)24(33)31-22-5-3-2-4-21(22)29/h2-12,23H,13H2,1H3,(H,31,33). The molecule has 1 aliphatic heterocycles. The molecule has 1 aliphatic rings. The predicted octanol–water partition coefficient (Wildman–Crippen LogP) is 7.02. The van der Waals surface area contributed by atoms with Crippen LogP contribution in [-0.4, -0.2) is 17.1 Å². The van der Waals surface area contributed by atoms with Crippen LogP contribution in [0, 0.1) is 18.3 Å². The van der Waals surface area contributed by atoms with Gasteiger partial charge in [-0.25, -0.2) is 0 Å². The molecule has 1 atom stereocenters. The van der Waals surface area contributed by atoms with Crippen molar-refractivity contribution >= 4 is 69.8 Å². The smallest absolute Gasteiger partial charge is 0.269 e. The summed E-state index contributed by atoms with van der Waals surface area (Å²) in [6.45, 7) is 1.93. The van der Waals surface area contributed by atoms with Crippen LogP contribution in [0.5, 0.6) is 0 Å². The summed E-state index contributed by atoms with van der Waals surface area (Å²) in [6.07, 6.45) is 0.277. The van der Waals surface area contributed by atoms with Gasteiger partial charge in [-0.2, -0.15) is 5.26 Å². The first-order chi connectivity index (χ1) is 16.8. The van der Waals surface area contributed by atoms with E-state index >= 15 is 0 Å². The summed E-state index contributed by atoms with van der Waals surface area (Å²) in [6, 6.07) is 21.1. The molecule has 1 saturated heterocycles. The summed E-state index contributed by atoms with van der Waals surface area (Å²) in [5.74, 6) is -0.919. The lowest BCUT2D eigenvalue weighted by Gasteiger charge is -2.19. The first kappa shape index (κ1) is 25.2. The number of aryl methyl sites for hydroxylation is 1. The fourth-order valence-electron chi connectivity index (χ4n) is 3.56. The van der Waals surface area contributed by atoms with Gasteiger partial charge in [-0.05, 0) is 61.4 Å². The Morgan fingerprint density at radius 2 is 1.77 bits per heavy atom. The van der Waals surface area contributed by atoms with E-state index in [0.29, 0.717) is 32.0 Å². The summed E-state index contributed by atoms with van der Waals surface area (Å²) < 4.78 is 0. The molecule has 3 aromatic rings. The van der Waals surface area contributed by atoms with Crippen molar-refractivity contribution in [2.75, 3.05) is 10.2 Å². The highest BCUT2D eigenvalue weighted by molar-refractivity contribution is 8.05. The molecule has 0 spiro atoms. The average molecular weight is 543 g/mol. The minimum absolute atomic E-state index is 0.191. The second-order valence-electron chi connectivity index (χ2n) is 7.78. The van der Waals surface area contributed by atoms with E-state index in [2.05, 4.69) is 5.32 Å². The molecular formula is C26H18Cl3N3O2S. The third kappa shape index (κ3) is 5.50. The van der Waals surface area contributed by atoms with Gasteiger partial charge in [0.05, 0.1) is 16.0 Å². The lowest BCUT2D eigenvalue weighted by Crippen LogP contribution is -2.31. The van der Waals surface area contributed by atoms with Crippen LogP contribution in [0.2, 0.25) is 15.1 Å². The quantitative estimate of drug-likeness (QED) is 0.278. The van der Waals surface area contributed by atoms with Gasteiger partial charge in [-0.3, -0.25) is 14.5 Å². The van der Waals surface area contributed by atoms with Gasteiger partial charge in [0.2, 0.25) is 5.91 Å². The number of thioether (sulfide) groups is 1. The van der Waals surface area contributed by atoms with E-state index in [4.69, 9.17) is 34.8 Å². The maximum Gasteiger partial charge on any atom is 0.269 e. The zero-order chi connectivity index (χ0) is 25.1. The molecule has 3 aromatic carbocycles. The Balaban J connectivity index is 1.75. The molecule has 5 nitrogen and oxygen atoms in total. The van der Waals surface area contributed by atoms with Crippen LogP contribution in [0.25, 0.3) is 0 Å². The van der Waals surface area contributed by atoms with Crippen molar-refractivity contribution in [3.63, 3.8) is 0 Å². The summed E-state index contributed by atoms with van der Waals surface area (Å²) in [4.78, 5) is 28.1. The summed E-state index contributed by atoms with van der Waals surface area (Å²) in [5, 5.41) is 13.6. The Morgan fingerprint density at radius 3 is 2.46 bits per heavy atom. The van der Waals surface area contributed by atoms with Gasteiger partial charge >= 0.3 is 0 Å². The summed E-state index contributed by atoms with van der Waals surface area (Å²) in [5.41, 5.74) is 2.45. The summed E-state index contributed by atoms with van der Waals surface area (Å²) in [7, 11) is 0. The number of rotatable bonds is 5. The van der Waals surface area contributed by atoms with Crippen molar-refractivity contribution in [1.29, 1.82) is 5.26 Å². The van der Waals surface area contributed by atoms with E-state index in [-0.39, 0.29) is 22.9 Å². The maximum absolute atomic E-state index is 13.6. The molecule has 1 unspecified atom stereocenters. The van der Waals surface area contributed by atoms with E-state index in [1.807, 2.05) is 25.1 Å². The number of amides is 2. The van der Waals surface area contributed by atoms with Crippen molar-refractivity contribution in [2.45, 2.75) is 18.6 Å².